The fourth-order valence-corrected chi connectivity index (χ4v) is 4.66. The second-order valence-electron chi connectivity index (χ2n) is 10.3. The number of carboxylic acid groups (broad SMARTS) is 1. The summed E-state index contributed by atoms with van der Waals surface area (Å²) in [5.41, 5.74) is 2.86. The van der Waals surface area contributed by atoms with E-state index >= 15 is 0 Å². The molecule has 1 aliphatic heterocycles. The highest BCUT2D eigenvalue weighted by atomic mass is 19.4. The van der Waals surface area contributed by atoms with Gasteiger partial charge in [-0.25, -0.2) is 24.7 Å². The van der Waals surface area contributed by atoms with E-state index in [2.05, 4.69) is 32.0 Å². The van der Waals surface area contributed by atoms with Gasteiger partial charge in [0.05, 0.1) is 32.7 Å². The minimum absolute atomic E-state index is 0.190. The number of ether oxygens (including phenoxy) is 2. The number of aryl methyl sites for hydroxylation is 1. The molecule has 0 bridgehead atoms. The first-order valence-corrected chi connectivity index (χ1v) is 14.7. The molecule has 0 unspecified atom stereocenters. The highest BCUT2D eigenvalue weighted by Crippen LogP contribution is 2.36. The van der Waals surface area contributed by atoms with Gasteiger partial charge in [0.15, 0.2) is 11.7 Å². The standard InChI is InChI=1S/C29H35N7O4.C2HF3O2/c1-4-5-26-34-27(20-16-22(38-2)18-23(17-20)39-3)28(40-26)24-8-9-30-29(33-24)32-21-6-7-25(31-19-21)36-12-10-35(11-13-36)14-15-37;3-2(4,5)1(6)7/h6-9,16-19,37H,4-5,10-15H2,1-3H3,(H,30,32,33);(H,6,7). The molecule has 1 saturated heterocycles. The average Bonchev–Trinajstić information content (AvgIpc) is 3.50. The molecule has 0 amide bonds. The largest absolute Gasteiger partial charge is 0.497 e. The summed E-state index contributed by atoms with van der Waals surface area (Å²) in [4.78, 5) is 32.0. The summed E-state index contributed by atoms with van der Waals surface area (Å²) >= 11 is 0. The summed E-state index contributed by atoms with van der Waals surface area (Å²) in [6, 6.07) is 11.4. The minimum atomic E-state index is -5.08. The van der Waals surface area contributed by atoms with Crippen LogP contribution in [0.2, 0.25) is 0 Å². The van der Waals surface area contributed by atoms with Gasteiger partial charge in [0, 0.05) is 57.0 Å². The molecule has 0 spiro atoms. The third kappa shape index (κ3) is 9.52. The lowest BCUT2D eigenvalue weighted by atomic mass is 10.1. The van der Waals surface area contributed by atoms with E-state index in [4.69, 9.17) is 38.9 Å². The number of hydrogen-bond donors (Lipinski definition) is 3. The topological polar surface area (TPSA) is 159 Å². The van der Waals surface area contributed by atoms with Crippen molar-refractivity contribution in [2.45, 2.75) is 25.9 Å². The first-order chi connectivity index (χ1) is 22.5. The maximum Gasteiger partial charge on any atom is 0.490 e. The number of carbonyl (C=O) groups is 1. The Bertz CT molecular complexity index is 1590. The van der Waals surface area contributed by atoms with E-state index in [0.29, 0.717) is 53.5 Å². The van der Waals surface area contributed by atoms with E-state index in [0.717, 1.165) is 49.7 Å². The van der Waals surface area contributed by atoms with Gasteiger partial charge in [0.2, 0.25) is 5.95 Å². The summed E-state index contributed by atoms with van der Waals surface area (Å²) in [5.74, 6) is 1.10. The molecule has 47 heavy (non-hydrogen) atoms. The van der Waals surface area contributed by atoms with Crippen molar-refractivity contribution in [3.8, 4) is 34.2 Å². The van der Waals surface area contributed by atoms with E-state index in [9.17, 15) is 13.2 Å². The molecule has 0 aliphatic carbocycles. The number of hydrogen-bond acceptors (Lipinski definition) is 12. The number of methoxy groups -OCH3 is 2. The van der Waals surface area contributed by atoms with Crippen LogP contribution in [0.15, 0.2) is 53.2 Å². The van der Waals surface area contributed by atoms with Gasteiger partial charge >= 0.3 is 12.1 Å². The molecule has 3 aromatic heterocycles. The Morgan fingerprint density at radius 3 is 2.26 bits per heavy atom. The maximum absolute atomic E-state index is 10.6. The van der Waals surface area contributed by atoms with Crippen molar-refractivity contribution < 1.29 is 42.1 Å². The van der Waals surface area contributed by atoms with Crippen LogP contribution in [-0.2, 0) is 11.2 Å². The van der Waals surface area contributed by atoms with E-state index in [1.165, 1.54) is 0 Å². The first kappa shape index (κ1) is 34.9. The summed E-state index contributed by atoms with van der Waals surface area (Å²) in [6.07, 6.45) is 0.00103. The molecule has 252 valence electrons. The number of β-amino-alcohol motifs (C(OH)–C–C–N with tert-alkyl or cyclic N) is 1. The van der Waals surface area contributed by atoms with Crippen molar-refractivity contribution >= 4 is 23.4 Å². The van der Waals surface area contributed by atoms with E-state index < -0.39 is 12.1 Å². The number of aliphatic hydroxyl groups excluding tert-OH is 1. The van der Waals surface area contributed by atoms with Crippen LogP contribution < -0.4 is 19.7 Å². The molecule has 4 aromatic rings. The number of anilines is 3. The Morgan fingerprint density at radius 1 is 1.02 bits per heavy atom. The van der Waals surface area contributed by atoms with Crippen molar-refractivity contribution in [2.24, 2.45) is 0 Å². The zero-order valence-corrected chi connectivity index (χ0v) is 26.1. The SMILES string of the molecule is CCCc1nc(-c2cc(OC)cc(OC)c2)c(-c2ccnc(Nc3ccc(N4CCN(CCO)CC4)nc3)n2)o1.O=C(O)C(F)(F)F. The molecule has 3 N–H and O–H groups in total. The Balaban J connectivity index is 0.000000644. The second kappa shape index (κ2) is 16.0. The van der Waals surface area contributed by atoms with E-state index in [1.807, 2.05) is 30.3 Å². The van der Waals surface area contributed by atoms with E-state index in [-0.39, 0.29) is 6.61 Å². The number of piperazine rings is 1. The lowest BCUT2D eigenvalue weighted by molar-refractivity contribution is -0.192. The number of nitrogens with one attached hydrogen (secondary N) is 1. The molecular formula is C31H36F3N7O6. The van der Waals surface area contributed by atoms with Gasteiger partial charge in [-0.2, -0.15) is 13.2 Å². The third-order valence-corrected chi connectivity index (χ3v) is 7.01. The highest BCUT2D eigenvalue weighted by molar-refractivity contribution is 5.77. The van der Waals surface area contributed by atoms with Gasteiger partial charge in [-0.1, -0.05) is 6.92 Å². The molecule has 4 heterocycles. The Morgan fingerprint density at radius 2 is 1.70 bits per heavy atom. The summed E-state index contributed by atoms with van der Waals surface area (Å²) in [7, 11) is 3.24. The van der Waals surface area contributed by atoms with Crippen molar-refractivity contribution in [1.82, 2.24) is 24.8 Å². The number of carboxylic acids is 1. The Kier molecular flexibility index (Phi) is 11.9. The van der Waals surface area contributed by atoms with Crippen LogP contribution in [-0.4, -0.2) is 101 Å². The predicted molar refractivity (Wildman–Crippen MR) is 167 cm³/mol. The van der Waals surface area contributed by atoms with Gasteiger partial charge in [-0.3, -0.25) is 4.90 Å². The van der Waals surface area contributed by atoms with Gasteiger partial charge < -0.3 is 34.3 Å². The fraction of sp³-hybridized carbons (Fsp3) is 0.387. The van der Waals surface area contributed by atoms with Crippen LogP contribution >= 0.6 is 0 Å². The van der Waals surface area contributed by atoms with Gasteiger partial charge in [-0.15, -0.1) is 0 Å². The third-order valence-electron chi connectivity index (χ3n) is 7.01. The number of aromatic nitrogens is 4. The van der Waals surface area contributed by atoms with Crippen molar-refractivity contribution in [1.29, 1.82) is 0 Å². The van der Waals surface area contributed by atoms with Gasteiger partial charge in [0.1, 0.15) is 28.7 Å². The van der Waals surface area contributed by atoms with Crippen molar-refractivity contribution in [2.75, 3.05) is 63.8 Å². The lowest BCUT2D eigenvalue weighted by Gasteiger charge is -2.35. The van der Waals surface area contributed by atoms with Gasteiger partial charge in [-0.05, 0) is 36.8 Å². The zero-order valence-electron chi connectivity index (χ0n) is 26.1. The summed E-state index contributed by atoms with van der Waals surface area (Å²) in [5, 5.41) is 19.5. The number of nitrogens with zero attached hydrogens (tertiary/aromatic N) is 6. The normalized spacial score (nSPS) is 13.5. The molecule has 5 rings (SSSR count). The smallest absolute Gasteiger partial charge is 0.490 e. The van der Waals surface area contributed by atoms with Crippen LogP contribution in [0.1, 0.15) is 19.2 Å². The van der Waals surface area contributed by atoms with Gasteiger partial charge in [0.25, 0.3) is 0 Å². The monoisotopic (exact) mass is 659 g/mol. The summed E-state index contributed by atoms with van der Waals surface area (Å²) < 4.78 is 48.9. The number of rotatable bonds is 11. The fourth-order valence-electron chi connectivity index (χ4n) is 4.66. The molecule has 1 aliphatic rings. The molecule has 0 atom stereocenters. The number of oxazole rings is 1. The first-order valence-electron chi connectivity index (χ1n) is 14.7. The van der Waals surface area contributed by atoms with Crippen LogP contribution in [0.4, 0.5) is 30.6 Å². The quantitative estimate of drug-likeness (QED) is 0.204. The highest BCUT2D eigenvalue weighted by Gasteiger charge is 2.38. The number of benzene rings is 1. The Hall–Kier alpha value is -4.96. The van der Waals surface area contributed by atoms with Crippen molar-refractivity contribution in [3.05, 3.63) is 54.7 Å². The van der Waals surface area contributed by atoms with Crippen LogP contribution in [0.3, 0.4) is 0 Å². The molecular weight excluding hydrogens is 623 g/mol. The lowest BCUT2D eigenvalue weighted by Crippen LogP contribution is -2.47. The van der Waals surface area contributed by atoms with E-state index in [1.54, 1.807) is 32.7 Å². The zero-order chi connectivity index (χ0) is 34.0. The number of aliphatic carboxylic acids is 1. The van der Waals surface area contributed by atoms with Crippen LogP contribution in [0.5, 0.6) is 11.5 Å². The molecule has 1 aromatic carbocycles. The number of halogens is 3. The summed E-state index contributed by atoms with van der Waals surface area (Å²) in [6.45, 7) is 6.57. The molecule has 13 nitrogen and oxygen atoms in total. The van der Waals surface area contributed by atoms with Crippen LogP contribution in [0, 0.1) is 0 Å². The average molecular weight is 660 g/mol. The van der Waals surface area contributed by atoms with Crippen LogP contribution in [0.25, 0.3) is 22.7 Å². The molecule has 1 fully saturated rings. The minimum Gasteiger partial charge on any atom is -0.497 e. The Labute approximate surface area is 269 Å². The molecule has 16 heteroatoms. The second-order valence-corrected chi connectivity index (χ2v) is 10.3. The van der Waals surface area contributed by atoms with Crippen molar-refractivity contribution in [3.63, 3.8) is 0 Å². The molecule has 0 radical (unpaired) electrons. The molecule has 0 saturated carbocycles. The predicted octanol–water partition coefficient (Wildman–Crippen LogP) is 4.65. The number of aliphatic hydroxyl groups is 1. The maximum atomic E-state index is 10.6. The number of alkyl halides is 3. The number of pyridine rings is 1.